The normalized spacial score (nSPS) is 22.8. The third-order valence-electron chi connectivity index (χ3n) is 3.67. The van der Waals surface area contributed by atoms with Crippen LogP contribution in [0, 0.1) is 0 Å². The number of ether oxygens (including phenoxy) is 1. The van der Waals surface area contributed by atoms with Crippen molar-refractivity contribution < 1.29 is 9.53 Å². The lowest BCUT2D eigenvalue weighted by Crippen LogP contribution is -2.34. The molecule has 4 nitrogen and oxygen atoms in total. The van der Waals surface area contributed by atoms with Crippen LogP contribution in [0.5, 0.6) is 0 Å². The van der Waals surface area contributed by atoms with Gasteiger partial charge in [0.15, 0.2) is 0 Å². The Bertz CT molecular complexity index is 234. The van der Waals surface area contributed by atoms with Gasteiger partial charge in [-0.15, -0.1) is 0 Å². The molecule has 0 spiro atoms. The van der Waals surface area contributed by atoms with Crippen molar-refractivity contribution in [2.24, 2.45) is 0 Å². The molecule has 0 radical (unpaired) electrons. The van der Waals surface area contributed by atoms with Gasteiger partial charge in [-0.2, -0.15) is 0 Å². The molecule has 2 heterocycles. The number of hydrogen-bond donors (Lipinski definition) is 0. The lowest BCUT2D eigenvalue weighted by molar-refractivity contribution is -0.145. The SMILES string of the molecule is O=C(CN1CCCC1)OCCN1CCCCC1. The molecular formula is C13H24N2O2. The van der Waals surface area contributed by atoms with Gasteiger partial charge in [-0.05, 0) is 51.9 Å². The summed E-state index contributed by atoms with van der Waals surface area (Å²) in [6.07, 6.45) is 6.39. The molecule has 17 heavy (non-hydrogen) atoms. The maximum atomic E-state index is 11.6. The van der Waals surface area contributed by atoms with E-state index in [4.69, 9.17) is 4.74 Å². The summed E-state index contributed by atoms with van der Waals surface area (Å²) < 4.78 is 5.28. The molecule has 0 aromatic carbocycles. The fraction of sp³-hybridized carbons (Fsp3) is 0.923. The van der Waals surface area contributed by atoms with Gasteiger partial charge in [0.25, 0.3) is 0 Å². The summed E-state index contributed by atoms with van der Waals surface area (Å²) >= 11 is 0. The number of hydrogen-bond acceptors (Lipinski definition) is 4. The fourth-order valence-electron chi connectivity index (χ4n) is 2.64. The number of piperidine rings is 1. The molecule has 0 aromatic rings. The van der Waals surface area contributed by atoms with Gasteiger partial charge in [0, 0.05) is 6.54 Å². The number of esters is 1. The zero-order chi connectivity index (χ0) is 11.9. The predicted octanol–water partition coefficient (Wildman–Crippen LogP) is 1.11. The minimum atomic E-state index is -0.0519. The molecule has 4 heteroatoms. The van der Waals surface area contributed by atoms with Gasteiger partial charge in [-0.25, -0.2) is 0 Å². The summed E-state index contributed by atoms with van der Waals surface area (Å²) in [6.45, 7) is 6.41. The summed E-state index contributed by atoms with van der Waals surface area (Å²) in [5.74, 6) is -0.0519. The van der Waals surface area contributed by atoms with E-state index in [9.17, 15) is 4.79 Å². The average Bonchev–Trinajstić information content (AvgIpc) is 2.83. The van der Waals surface area contributed by atoms with Gasteiger partial charge in [0.05, 0.1) is 6.54 Å². The summed E-state index contributed by atoms with van der Waals surface area (Å²) in [6, 6.07) is 0. The zero-order valence-corrected chi connectivity index (χ0v) is 10.7. The van der Waals surface area contributed by atoms with E-state index in [0.717, 1.165) is 19.6 Å². The second kappa shape index (κ2) is 6.97. The van der Waals surface area contributed by atoms with Crippen LogP contribution in [0.1, 0.15) is 32.1 Å². The first-order chi connectivity index (χ1) is 8.34. The van der Waals surface area contributed by atoms with E-state index in [1.165, 1.54) is 45.2 Å². The van der Waals surface area contributed by atoms with Crippen molar-refractivity contribution in [3.8, 4) is 0 Å². The second-order valence-corrected chi connectivity index (χ2v) is 5.11. The van der Waals surface area contributed by atoms with Crippen LogP contribution in [-0.4, -0.2) is 61.6 Å². The first-order valence-electron chi connectivity index (χ1n) is 6.95. The third kappa shape index (κ3) is 4.64. The van der Waals surface area contributed by atoms with E-state index in [-0.39, 0.29) is 5.97 Å². The highest BCUT2D eigenvalue weighted by atomic mass is 16.5. The molecule has 98 valence electrons. The molecule has 2 saturated heterocycles. The van der Waals surface area contributed by atoms with Crippen molar-refractivity contribution in [2.75, 3.05) is 45.9 Å². The lowest BCUT2D eigenvalue weighted by atomic mass is 10.1. The van der Waals surface area contributed by atoms with Crippen LogP contribution in [0.3, 0.4) is 0 Å². The van der Waals surface area contributed by atoms with Crippen molar-refractivity contribution in [1.82, 2.24) is 9.80 Å². The number of carbonyl (C=O) groups is 1. The van der Waals surface area contributed by atoms with Crippen molar-refractivity contribution >= 4 is 5.97 Å². The molecule has 2 aliphatic rings. The molecule has 2 rings (SSSR count). The Morgan fingerprint density at radius 1 is 0.882 bits per heavy atom. The van der Waals surface area contributed by atoms with Crippen LogP contribution >= 0.6 is 0 Å². The molecule has 0 amide bonds. The maximum absolute atomic E-state index is 11.6. The smallest absolute Gasteiger partial charge is 0.320 e. The minimum absolute atomic E-state index is 0.0519. The van der Waals surface area contributed by atoms with Gasteiger partial charge in [-0.3, -0.25) is 14.6 Å². The fourth-order valence-corrected chi connectivity index (χ4v) is 2.64. The largest absolute Gasteiger partial charge is 0.463 e. The topological polar surface area (TPSA) is 32.8 Å². The average molecular weight is 240 g/mol. The summed E-state index contributed by atoms with van der Waals surface area (Å²) in [5.41, 5.74) is 0. The summed E-state index contributed by atoms with van der Waals surface area (Å²) in [5, 5.41) is 0. The monoisotopic (exact) mass is 240 g/mol. The van der Waals surface area contributed by atoms with E-state index >= 15 is 0 Å². The zero-order valence-electron chi connectivity index (χ0n) is 10.7. The van der Waals surface area contributed by atoms with E-state index in [2.05, 4.69) is 9.80 Å². The molecule has 2 aliphatic heterocycles. The Morgan fingerprint density at radius 3 is 2.18 bits per heavy atom. The number of rotatable bonds is 5. The van der Waals surface area contributed by atoms with Crippen molar-refractivity contribution in [2.45, 2.75) is 32.1 Å². The molecule has 2 fully saturated rings. The van der Waals surface area contributed by atoms with Gasteiger partial charge in [0.1, 0.15) is 6.61 Å². The van der Waals surface area contributed by atoms with E-state index in [1.807, 2.05) is 0 Å². The lowest BCUT2D eigenvalue weighted by Gasteiger charge is -2.26. The highest BCUT2D eigenvalue weighted by Gasteiger charge is 2.16. The van der Waals surface area contributed by atoms with Crippen LogP contribution in [-0.2, 0) is 9.53 Å². The molecule has 0 bridgehead atoms. The highest BCUT2D eigenvalue weighted by molar-refractivity contribution is 5.71. The van der Waals surface area contributed by atoms with Crippen LogP contribution in [0.25, 0.3) is 0 Å². The van der Waals surface area contributed by atoms with Gasteiger partial charge in [-0.1, -0.05) is 6.42 Å². The van der Waals surface area contributed by atoms with E-state index < -0.39 is 0 Å². The van der Waals surface area contributed by atoms with Crippen LogP contribution < -0.4 is 0 Å². The summed E-state index contributed by atoms with van der Waals surface area (Å²) in [4.78, 5) is 16.1. The highest BCUT2D eigenvalue weighted by Crippen LogP contribution is 2.08. The Kier molecular flexibility index (Phi) is 5.26. The second-order valence-electron chi connectivity index (χ2n) is 5.11. The minimum Gasteiger partial charge on any atom is -0.463 e. The molecule has 0 atom stereocenters. The Morgan fingerprint density at radius 2 is 1.47 bits per heavy atom. The van der Waals surface area contributed by atoms with Crippen molar-refractivity contribution in [3.63, 3.8) is 0 Å². The van der Waals surface area contributed by atoms with Crippen LogP contribution in [0.2, 0.25) is 0 Å². The Hall–Kier alpha value is -0.610. The maximum Gasteiger partial charge on any atom is 0.320 e. The molecule has 0 N–H and O–H groups in total. The molecular weight excluding hydrogens is 216 g/mol. The first-order valence-corrected chi connectivity index (χ1v) is 6.95. The predicted molar refractivity (Wildman–Crippen MR) is 66.9 cm³/mol. The Labute approximate surface area is 104 Å². The standard InChI is InChI=1S/C13H24N2O2/c16-13(12-15-8-4-5-9-15)17-11-10-14-6-2-1-3-7-14/h1-12H2. The number of nitrogens with zero attached hydrogens (tertiary/aromatic N) is 2. The van der Waals surface area contributed by atoms with E-state index in [1.54, 1.807) is 0 Å². The molecule has 0 aromatic heterocycles. The van der Waals surface area contributed by atoms with Crippen LogP contribution in [0.4, 0.5) is 0 Å². The van der Waals surface area contributed by atoms with Gasteiger partial charge < -0.3 is 4.74 Å². The van der Waals surface area contributed by atoms with E-state index in [0.29, 0.717) is 13.2 Å². The van der Waals surface area contributed by atoms with Gasteiger partial charge >= 0.3 is 5.97 Å². The summed E-state index contributed by atoms with van der Waals surface area (Å²) in [7, 11) is 0. The van der Waals surface area contributed by atoms with Crippen molar-refractivity contribution in [3.05, 3.63) is 0 Å². The number of likely N-dealkylation sites (tertiary alicyclic amines) is 2. The van der Waals surface area contributed by atoms with Crippen LogP contribution in [0.15, 0.2) is 0 Å². The Balaban J connectivity index is 1.53. The molecule has 0 saturated carbocycles. The quantitative estimate of drug-likeness (QED) is 0.674. The van der Waals surface area contributed by atoms with Gasteiger partial charge in [0.2, 0.25) is 0 Å². The molecule has 0 unspecified atom stereocenters. The molecule has 0 aliphatic carbocycles. The first kappa shape index (κ1) is 12.8. The third-order valence-corrected chi connectivity index (χ3v) is 3.67. The number of carbonyl (C=O) groups excluding carboxylic acids is 1. The van der Waals surface area contributed by atoms with Crippen molar-refractivity contribution in [1.29, 1.82) is 0 Å².